The molecule has 1 N–H and O–H groups in total. The average Bonchev–Trinajstić information content (AvgIpc) is 2.77. The molecule has 0 radical (unpaired) electrons. The molecule has 0 fully saturated rings. The van der Waals surface area contributed by atoms with Gasteiger partial charge in [0, 0.05) is 12.8 Å². The molecule has 0 saturated heterocycles. The van der Waals surface area contributed by atoms with Crippen LogP contribution in [0.25, 0.3) is 0 Å². The Balaban J connectivity index is 4.50. The van der Waals surface area contributed by atoms with Crippen molar-refractivity contribution in [1.29, 1.82) is 0 Å². The summed E-state index contributed by atoms with van der Waals surface area (Å²) in [6.45, 7) is 8.18. The van der Waals surface area contributed by atoms with Crippen LogP contribution in [0.2, 0.25) is 0 Å². The maximum atomic E-state index is 12.6. The van der Waals surface area contributed by atoms with E-state index in [9.17, 15) is 14.7 Å². The van der Waals surface area contributed by atoms with Gasteiger partial charge >= 0.3 is 5.97 Å². The highest BCUT2D eigenvalue weighted by molar-refractivity contribution is 5.75. The maximum absolute atomic E-state index is 12.6. The van der Waals surface area contributed by atoms with Gasteiger partial charge in [-0.15, -0.1) is 0 Å². The first-order valence-electron chi connectivity index (χ1n) is 14.3. The van der Waals surface area contributed by atoms with Gasteiger partial charge in [-0.3, -0.25) is 4.79 Å². The number of rotatable bonds is 24. The normalized spacial score (nSPS) is 13.3. The molecular formula is C29H56O4. The summed E-state index contributed by atoms with van der Waals surface area (Å²) in [5.41, 5.74) is -0.760. The largest absolute Gasteiger partial charge is 0.462 e. The van der Waals surface area contributed by atoms with Crippen LogP contribution >= 0.6 is 0 Å². The molecule has 0 aromatic carbocycles. The van der Waals surface area contributed by atoms with E-state index in [0.29, 0.717) is 32.1 Å². The Hall–Kier alpha value is -0.900. The van der Waals surface area contributed by atoms with Crippen LogP contribution in [0.4, 0.5) is 0 Å². The SMILES string of the molecule is CCCCCCCC(CCCCCCC)OC(=O)CCCC(O)(CCCC)CCCC(C)=O. The van der Waals surface area contributed by atoms with Crippen LogP contribution in [0.15, 0.2) is 0 Å². The number of hydrogen-bond donors (Lipinski definition) is 1. The number of Topliss-reactive ketones (excluding diaryl/α,β-unsaturated/α-hetero) is 1. The fourth-order valence-electron chi connectivity index (χ4n) is 4.57. The molecule has 1 atom stereocenters. The van der Waals surface area contributed by atoms with Crippen LogP contribution in [0.3, 0.4) is 0 Å². The number of hydrogen-bond acceptors (Lipinski definition) is 4. The first-order valence-corrected chi connectivity index (χ1v) is 14.3. The van der Waals surface area contributed by atoms with Gasteiger partial charge in [0.05, 0.1) is 5.60 Å². The predicted octanol–water partition coefficient (Wildman–Crippen LogP) is 8.47. The summed E-state index contributed by atoms with van der Waals surface area (Å²) in [7, 11) is 0. The van der Waals surface area contributed by atoms with Gasteiger partial charge in [0.2, 0.25) is 0 Å². The number of carbonyl (C=O) groups is 2. The number of unbranched alkanes of at least 4 members (excludes halogenated alkanes) is 9. The highest BCUT2D eigenvalue weighted by Gasteiger charge is 2.26. The summed E-state index contributed by atoms with van der Waals surface area (Å²) in [5.74, 6) is 0.0653. The number of aliphatic hydroxyl groups is 1. The molecule has 33 heavy (non-hydrogen) atoms. The molecule has 0 saturated carbocycles. The lowest BCUT2D eigenvalue weighted by Crippen LogP contribution is -2.29. The molecule has 0 aliphatic carbocycles. The quantitative estimate of drug-likeness (QED) is 0.114. The van der Waals surface area contributed by atoms with E-state index in [1.54, 1.807) is 6.92 Å². The summed E-state index contributed by atoms with van der Waals surface area (Å²) >= 11 is 0. The van der Waals surface area contributed by atoms with Crippen molar-refractivity contribution < 1.29 is 19.4 Å². The Morgan fingerprint density at radius 2 is 1.12 bits per heavy atom. The molecule has 196 valence electrons. The van der Waals surface area contributed by atoms with E-state index >= 15 is 0 Å². The van der Waals surface area contributed by atoms with E-state index in [2.05, 4.69) is 20.8 Å². The van der Waals surface area contributed by atoms with Crippen molar-refractivity contribution in [2.75, 3.05) is 0 Å². The van der Waals surface area contributed by atoms with Gasteiger partial charge in [-0.2, -0.15) is 0 Å². The molecule has 4 heteroatoms. The number of carbonyl (C=O) groups excluding carboxylic acids is 2. The summed E-state index contributed by atoms with van der Waals surface area (Å²) < 4.78 is 5.91. The van der Waals surface area contributed by atoms with Crippen molar-refractivity contribution in [1.82, 2.24) is 0 Å². The third-order valence-corrected chi connectivity index (χ3v) is 6.75. The second kappa shape index (κ2) is 21.6. The van der Waals surface area contributed by atoms with Gasteiger partial charge in [0.1, 0.15) is 11.9 Å². The van der Waals surface area contributed by atoms with Gasteiger partial charge in [-0.05, 0) is 64.7 Å². The molecule has 0 bridgehead atoms. The predicted molar refractivity (Wildman–Crippen MR) is 139 cm³/mol. The first-order chi connectivity index (χ1) is 15.9. The van der Waals surface area contributed by atoms with Gasteiger partial charge in [0.25, 0.3) is 0 Å². The topological polar surface area (TPSA) is 63.6 Å². The summed E-state index contributed by atoms with van der Waals surface area (Å²) in [6, 6.07) is 0. The van der Waals surface area contributed by atoms with Crippen LogP contribution in [-0.2, 0) is 14.3 Å². The molecule has 1 unspecified atom stereocenters. The van der Waals surface area contributed by atoms with Gasteiger partial charge in [0.15, 0.2) is 0 Å². The Morgan fingerprint density at radius 1 is 0.667 bits per heavy atom. The van der Waals surface area contributed by atoms with Crippen LogP contribution in [0.1, 0.15) is 163 Å². The van der Waals surface area contributed by atoms with E-state index in [4.69, 9.17) is 4.74 Å². The van der Waals surface area contributed by atoms with Crippen LogP contribution in [0.5, 0.6) is 0 Å². The van der Waals surface area contributed by atoms with Crippen LogP contribution < -0.4 is 0 Å². The Morgan fingerprint density at radius 3 is 1.61 bits per heavy atom. The van der Waals surface area contributed by atoms with E-state index in [0.717, 1.165) is 51.4 Å². The first kappa shape index (κ1) is 32.1. The van der Waals surface area contributed by atoms with Crippen molar-refractivity contribution in [2.24, 2.45) is 0 Å². The van der Waals surface area contributed by atoms with E-state index in [-0.39, 0.29) is 17.9 Å². The number of esters is 1. The molecule has 0 rings (SSSR count). The lowest BCUT2D eigenvalue weighted by Gasteiger charge is -2.28. The maximum Gasteiger partial charge on any atom is 0.306 e. The molecule has 0 aromatic heterocycles. The second-order valence-corrected chi connectivity index (χ2v) is 10.3. The van der Waals surface area contributed by atoms with Crippen LogP contribution in [-0.4, -0.2) is 28.6 Å². The third kappa shape index (κ3) is 20.2. The lowest BCUT2D eigenvalue weighted by molar-refractivity contribution is -0.150. The fourth-order valence-corrected chi connectivity index (χ4v) is 4.57. The molecule has 0 amide bonds. The summed E-state index contributed by atoms with van der Waals surface area (Å²) in [4.78, 5) is 23.8. The molecule has 4 nitrogen and oxygen atoms in total. The molecule has 0 aliphatic heterocycles. The van der Waals surface area contributed by atoms with Crippen molar-refractivity contribution >= 4 is 11.8 Å². The smallest absolute Gasteiger partial charge is 0.306 e. The van der Waals surface area contributed by atoms with E-state index in [1.165, 1.54) is 51.4 Å². The zero-order valence-corrected chi connectivity index (χ0v) is 22.6. The van der Waals surface area contributed by atoms with Gasteiger partial charge in [-0.1, -0.05) is 85.0 Å². The molecule has 0 aliphatic rings. The Kier molecular flexibility index (Phi) is 21.0. The molecule has 0 aromatic rings. The van der Waals surface area contributed by atoms with Gasteiger partial charge < -0.3 is 14.6 Å². The monoisotopic (exact) mass is 468 g/mol. The van der Waals surface area contributed by atoms with Crippen molar-refractivity contribution in [2.45, 2.75) is 174 Å². The van der Waals surface area contributed by atoms with Crippen molar-refractivity contribution in [3.8, 4) is 0 Å². The molecule has 0 heterocycles. The van der Waals surface area contributed by atoms with Crippen molar-refractivity contribution in [3.05, 3.63) is 0 Å². The molecular weight excluding hydrogens is 412 g/mol. The highest BCUT2D eigenvalue weighted by atomic mass is 16.5. The number of ketones is 1. The Labute approximate surface area is 205 Å². The fraction of sp³-hybridized carbons (Fsp3) is 0.931. The minimum Gasteiger partial charge on any atom is -0.462 e. The average molecular weight is 469 g/mol. The molecule has 0 spiro atoms. The minimum absolute atomic E-state index is 0.0512. The standard InChI is InChI=1S/C29H56O4/c1-5-8-11-13-15-20-27(21-16-14-12-9-6-2)33-28(31)22-18-25-29(32,23-10-7-3)24-17-19-26(4)30/h27,32H,5-25H2,1-4H3. The second-order valence-electron chi connectivity index (χ2n) is 10.3. The third-order valence-electron chi connectivity index (χ3n) is 6.75. The number of ether oxygens (including phenoxy) is 1. The summed E-state index contributed by atoms with van der Waals surface area (Å²) in [5, 5.41) is 11.1. The highest BCUT2D eigenvalue weighted by Crippen LogP contribution is 2.28. The Bertz CT molecular complexity index is 462. The van der Waals surface area contributed by atoms with E-state index < -0.39 is 5.60 Å². The zero-order valence-electron chi connectivity index (χ0n) is 22.6. The minimum atomic E-state index is -0.760. The van der Waals surface area contributed by atoms with Gasteiger partial charge in [-0.25, -0.2) is 0 Å². The van der Waals surface area contributed by atoms with Crippen molar-refractivity contribution in [3.63, 3.8) is 0 Å². The zero-order chi connectivity index (χ0) is 24.8. The van der Waals surface area contributed by atoms with Crippen LogP contribution in [0, 0.1) is 0 Å². The lowest BCUT2D eigenvalue weighted by atomic mass is 9.86. The van der Waals surface area contributed by atoms with E-state index in [1.807, 2.05) is 0 Å². The summed E-state index contributed by atoms with van der Waals surface area (Å²) in [6.07, 6.45) is 20.6.